The van der Waals surface area contributed by atoms with E-state index >= 15 is 0 Å². The SMILES string of the molecule is CC#CCSc1nnnn1-c1ccc(OC)cc1. The molecule has 0 unspecified atom stereocenters. The molecule has 0 fully saturated rings. The van der Waals surface area contributed by atoms with Crippen LogP contribution in [-0.2, 0) is 0 Å². The van der Waals surface area contributed by atoms with Gasteiger partial charge in [-0.05, 0) is 41.6 Å². The molecular formula is C12H12N4OS. The van der Waals surface area contributed by atoms with Crippen molar-refractivity contribution < 1.29 is 4.74 Å². The van der Waals surface area contributed by atoms with Gasteiger partial charge >= 0.3 is 0 Å². The van der Waals surface area contributed by atoms with E-state index < -0.39 is 0 Å². The van der Waals surface area contributed by atoms with Gasteiger partial charge in [0.1, 0.15) is 5.75 Å². The molecular weight excluding hydrogens is 248 g/mol. The third-order valence-corrected chi connectivity index (χ3v) is 3.01. The molecule has 18 heavy (non-hydrogen) atoms. The molecule has 1 aromatic carbocycles. The predicted octanol–water partition coefficient (Wildman–Crippen LogP) is 1.79. The van der Waals surface area contributed by atoms with Gasteiger partial charge in [-0.15, -0.1) is 11.0 Å². The van der Waals surface area contributed by atoms with Crippen LogP contribution in [0.4, 0.5) is 0 Å². The maximum absolute atomic E-state index is 5.11. The van der Waals surface area contributed by atoms with Crippen LogP contribution >= 0.6 is 11.8 Å². The summed E-state index contributed by atoms with van der Waals surface area (Å²) in [6.45, 7) is 1.81. The highest BCUT2D eigenvalue weighted by molar-refractivity contribution is 7.99. The van der Waals surface area contributed by atoms with Gasteiger partial charge in [-0.1, -0.05) is 17.7 Å². The fourth-order valence-corrected chi connectivity index (χ4v) is 2.03. The third kappa shape index (κ3) is 2.81. The molecule has 0 aliphatic carbocycles. The molecule has 6 heteroatoms. The van der Waals surface area contributed by atoms with Crippen LogP contribution < -0.4 is 4.74 Å². The molecule has 0 saturated heterocycles. The summed E-state index contributed by atoms with van der Waals surface area (Å²) in [5.74, 6) is 7.28. The van der Waals surface area contributed by atoms with Crippen LogP contribution in [0.15, 0.2) is 29.4 Å². The van der Waals surface area contributed by atoms with E-state index in [4.69, 9.17) is 4.74 Å². The van der Waals surface area contributed by atoms with Gasteiger partial charge < -0.3 is 4.74 Å². The average molecular weight is 260 g/mol. The smallest absolute Gasteiger partial charge is 0.215 e. The predicted molar refractivity (Wildman–Crippen MR) is 69.9 cm³/mol. The molecule has 0 N–H and O–H groups in total. The van der Waals surface area contributed by atoms with Gasteiger partial charge in [0.05, 0.1) is 18.6 Å². The van der Waals surface area contributed by atoms with E-state index in [1.807, 2.05) is 31.2 Å². The lowest BCUT2D eigenvalue weighted by Gasteiger charge is -2.04. The standard InChI is InChI=1S/C12H12N4OS/c1-3-4-9-18-12-13-14-15-16(12)10-5-7-11(17-2)8-6-10/h5-8H,9H2,1-2H3. The fraction of sp³-hybridized carbons (Fsp3) is 0.250. The minimum absolute atomic E-state index is 0.674. The number of hydrogen-bond acceptors (Lipinski definition) is 5. The highest BCUT2D eigenvalue weighted by Crippen LogP contribution is 2.19. The number of ether oxygens (including phenoxy) is 1. The topological polar surface area (TPSA) is 52.8 Å². The lowest BCUT2D eigenvalue weighted by Crippen LogP contribution is -1.99. The van der Waals surface area contributed by atoms with Crippen molar-refractivity contribution in [3.63, 3.8) is 0 Å². The number of methoxy groups -OCH3 is 1. The van der Waals surface area contributed by atoms with Gasteiger partial charge in [0.2, 0.25) is 5.16 Å². The van der Waals surface area contributed by atoms with E-state index in [1.54, 1.807) is 11.8 Å². The highest BCUT2D eigenvalue weighted by atomic mass is 32.2. The Bertz CT molecular complexity index is 568. The van der Waals surface area contributed by atoms with Crippen LogP contribution in [0.2, 0.25) is 0 Å². The Morgan fingerprint density at radius 1 is 1.33 bits per heavy atom. The molecule has 0 aliphatic heterocycles. The summed E-state index contributed by atoms with van der Waals surface area (Å²) >= 11 is 1.51. The number of tetrazole rings is 1. The summed E-state index contributed by atoms with van der Waals surface area (Å²) in [7, 11) is 1.64. The number of aromatic nitrogens is 4. The van der Waals surface area contributed by atoms with Crippen molar-refractivity contribution in [2.24, 2.45) is 0 Å². The second-order valence-corrected chi connectivity index (χ2v) is 4.23. The molecule has 1 heterocycles. The molecule has 92 valence electrons. The van der Waals surface area contributed by atoms with Crippen LogP contribution in [0.5, 0.6) is 5.75 Å². The van der Waals surface area contributed by atoms with Gasteiger partial charge in [-0.3, -0.25) is 0 Å². The van der Waals surface area contributed by atoms with Gasteiger partial charge in [-0.25, -0.2) is 0 Å². The number of nitrogens with zero attached hydrogens (tertiary/aromatic N) is 4. The lowest BCUT2D eigenvalue weighted by molar-refractivity contribution is 0.414. The van der Waals surface area contributed by atoms with Crippen molar-refractivity contribution in [3.05, 3.63) is 24.3 Å². The number of benzene rings is 1. The Kier molecular flexibility index (Phi) is 4.20. The fourth-order valence-electron chi connectivity index (χ4n) is 1.33. The van der Waals surface area contributed by atoms with E-state index in [0.717, 1.165) is 16.6 Å². The monoisotopic (exact) mass is 260 g/mol. The van der Waals surface area contributed by atoms with E-state index in [0.29, 0.717) is 5.75 Å². The van der Waals surface area contributed by atoms with Crippen LogP contribution in [0, 0.1) is 11.8 Å². The lowest BCUT2D eigenvalue weighted by atomic mass is 10.3. The molecule has 5 nitrogen and oxygen atoms in total. The first-order chi connectivity index (χ1) is 8.85. The number of hydrogen-bond donors (Lipinski definition) is 0. The maximum Gasteiger partial charge on any atom is 0.215 e. The molecule has 0 bridgehead atoms. The quantitative estimate of drug-likeness (QED) is 0.619. The molecule has 0 radical (unpaired) electrons. The zero-order valence-corrected chi connectivity index (χ0v) is 10.9. The van der Waals surface area contributed by atoms with Gasteiger partial charge in [0.25, 0.3) is 0 Å². The van der Waals surface area contributed by atoms with Crippen molar-refractivity contribution in [2.45, 2.75) is 12.1 Å². The Balaban J connectivity index is 2.20. The molecule has 0 saturated carbocycles. The summed E-state index contributed by atoms with van der Waals surface area (Å²) in [4.78, 5) is 0. The molecule has 0 amide bonds. The van der Waals surface area contributed by atoms with Gasteiger partial charge in [0, 0.05) is 0 Å². The van der Waals surface area contributed by atoms with E-state index in [1.165, 1.54) is 11.8 Å². The summed E-state index contributed by atoms with van der Waals surface area (Å²) in [6, 6.07) is 7.56. The van der Waals surface area contributed by atoms with Crippen LogP contribution in [0.3, 0.4) is 0 Å². The highest BCUT2D eigenvalue weighted by Gasteiger charge is 2.08. The van der Waals surface area contributed by atoms with Crippen molar-refractivity contribution in [1.82, 2.24) is 20.2 Å². The number of thioether (sulfide) groups is 1. The Morgan fingerprint density at radius 2 is 2.11 bits per heavy atom. The molecule has 0 aliphatic rings. The Morgan fingerprint density at radius 3 is 2.78 bits per heavy atom. The molecule has 0 spiro atoms. The molecule has 2 rings (SSSR count). The van der Waals surface area contributed by atoms with Crippen LogP contribution in [0.1, 0.15) is 6.92 Å². The van der Waals surface area contributed by atoms with Gasteiger partial charge in [0.15, 0.2) is 0 Å². The van der Waals surface area contributed by atoms with Crippen molar-refractivity contribution in [3.8, 4) is 23.3 Å². The second kappa shape index (κ2) is 6.07. The zero-order chi connectivity index (χ0) is 12.8. The minimum atomic E-state index is 0.674. The van der Waals surface area contributed by atoms with Crippen molar-refractivity contribution in [2.75, 3.05) is 12.9 Å². The minimum Gasteiger partial charge on any atom is -0.497 e. The first kappa shape index (κ1) is 12.5. The van der Waals surface area contributed by atoms with E-state index in [-0.39, 0.29) is 0 Å². The normalized spacial score (nSPS) is 9.67. The van der Waals surface area contributed by atoms with Crippen molar-refractivity contribution >= 4 is 11.8 Å². The zero-order valence-electron chi connectivity index (χ0n) is 10.1. The van der Waals surface area contributed by atoms with Crippen LogP contribution in [0.25, 0.3) is 5.69 Å². The number of rotatable bonds is 4. The summed E-state index contributed by atoms with van der Waals surface area (Å²) in [5, 5.41) is 12.3. The largest absolute Gasteiger partial charge is 0.497 e. The summed E-state index contributed by atoms with van der Waals surface area (Å²) < 4.78 is 6.79. The second-order valence-electron chi connectivity index (χ2n) is 3.29. The summed E-state index contributed by atoms with van der Waals surface area (Å²) in [5.41, 5.74) is 0.896. The molecule has 0 atom stereocenters. The first-order valence-electron chi connectivity index (χ1n) is 5.30. The molecule has 1 aromatic heterocycles. The summed E-state index contributed by atoms with van der Waals surface area (Å²) in [6.07, 6.45) is 0. The Hall–Kier alpha value is -2.00. The van der Waals surface area contributed by atoms with E-state index in [2.05, 4.69) is 27.4 Å². The van der Waals surface area contributed by atoms with E-state index in [9.17, 15) is 0 Å². The third-order valence-electron chi connectivity index (χ3n) is 2.21. The maximum atomic E-state index is 5.11. The van der Waals surface area contributed by atoms with Crippen LogP contribution in [-0.4, -0.2) is 33.1 Å². The first-order valence-corrected chi connectivity index (χ1v) is 6.29. The van der Waals surface area contributed by atoms with Crippen molar-refractivity contribution in [1.29, 1.82) is 0 Å². The van der Waals surface area contributed by atoms with Gasteiger partial charge in [-0.2, -0.15) is 4.68 Å². The Labute approximate surface area is 110 Å². The molecule has 2 aromatic rings. The average Bonchev–Trinajstić information content (AvgIpc) is 2.88.